The van der Waals surface area contributed by atoms with Crippen molar-refractivity contribution in [3.05, 3.63) is 34.9 Å². The number of carbonyl (C=O) groups is 1. The predicted molar refractivity (Wildman–Crippen MR) is 66.1 cm³/mol. The Morgan fingerprint density at radius 3 is 2.76 bits per heavy atom. The smallest absolute Gasteiger partial charge is 0.336 e. The summed E-state index contributed by atoms with van der Waals surface area (Å²) in [5, 5.41) is 21.9. The SMILES string of the molecule is CC(NCC(C)(O)C(=O)O)c1cccc(Cl)c1. The molecule has 0 saturated carbocycles. The van der Waals surface area contributed by atoms with Crippen LogP contribution in [0.3, 0.4) is 0 Å². The zero-order valence-corrected chi connectivity index (χ0v) is 10.5. The summed E-state index contributed by atoms with van der Waals surface area (Å²) in [6.45, 7) is 3.10. The Labute approximate surface area is 105 Å². The van der Waals surface area contributed by atoms with Gasteiger partial charge in [-0.2, -0.15) is 0 Å². The maximum atomic E-state index is 10.7. The molecule has 1 aromatic rings. The average Bonchev–Trinajstić information content (AvgIpc) is 2.25. The van der Waals surface area contributed by atoms with Crippen molar-refractivity contribution in [1.82, 2.24) is 5.32 Å². The van der Waals surface area contributed by atoms with Crippen molar-refractivity contribution >= 4 is 17.6 Å². The molecule has 3 N–H and O–H groups in total. The fourth-order valence-electron chi connectivity index (χ4n) is 1.32. The van der Waals surface area contributed by atoms with E-state index in [4.69, 9.17) is 16.7 Å². The Balaban J connectivity index is 2.62. The summed E-state index contributed by atoms with van der Waals surface area (Å²) in [4.78, 5) is 10.7. The quantitative estimate of drug-likeness (QED) is 0.753. The summed E-state index contributed by atoms with van der Waals surface area (Å²) < 4.78 is 0. The van der Waals surface area contributed by atoms with Crippen LogP contribution >= 0.6 is 11.6 Å². The summed E-state index contributed by atoms with van der Waals surface area (Å²) in [5.74, 6) is -1.25. The van der Waals surface area contributed by atoms with Crippen LogP contribution in [0.25, 0.3) is 0 Å². The van der Waals surface area contributed by atoms with Crippen molar-refractivity contribution in [2.45, 2.75) is 25.5 Å². The number of aliphatic carboxylic acids is 1. The highest BCUT2D eigenvalue weighted by atomic mass is 35.5. The molecule has 4 nitrogen and oxygen atoms in total. The first-order chi connectivity index (χ1) is 7.83. The molecule has 0 aliphatic carbocycles. The molecule has 0 aliphatic heterocycles. The van der Waals surface area contributed by atoms with Crippen LogP contribution in [0, 0.1) is 0 Å². The number of carboxylic acid groups (broad SMARTS) is 1. The third-order valence-corrected chi connectivity index (χ3v) is 2.80. The van der Waals surface area contributed by atoms with Gasteiger partial charge in [-0.3, -0.25) is 0 Å². The molecule has 2 unspecified atom stereocenters. The molecule has 0 radical (unpaired) electrons. The summed E-state index contributed by atoms with van der Waals surface area (Å²) in [5.41, 5.74) is -0.828. The summed E-state index contributed by atoms with van der Waals surface area (Å²) in [7, 11) is 0. The summed E-state index contributed by atoms with van der Waals surface area (Å²) in [6.07, 6.45) is 0. The Morgan fingerprint density at radius 2 is 2.24 bits per heavy atom. The zero-order chi connectivity index (χ0) is 13.1. The number of rotatable bonds is 5. The molecular formula is C12H16ClNO3. The van der Waals surface area contributed by atoms with E-state index in [2.05, 4.69) is 5.32 Å². The number of aliphatic hydroxyl groups is 1. The number of hydrogen-bond donors (Lipinski definition) is 3. The number of carboxylic acids is 1. The number of hydrogen-bond acceptors (Lipinski definition) is 3. The van der Waals surface area contributed by atoms with Crippen molar-refractivity contribution in [2.24, 2.45) is 0 Å². The van der Waals surface area contributed by atoms with Crippen LogP contribution in [0.15, 0.2) is 24.3 Å². The van der Waals surface area contributed by atoms with Gasteiger partial charge in [0.15, 0.2) is 5.60 Å². The van der Waals surface area contributed by atoms with Gasteiger partial charge in [0, 0.05) is 17.6 Å². The van der Waals surface area contributed by atoms with Crippen LogP contribution in [0.2, 0.25) is 5.02 Å². The molecule has 0 bridgehead atoms. The maximum absolute atomic E-state index is 10.7. The Bertz CT molecular complexity index is 406. The molecular weight excluding hydrogens is 242 g/mol. The van der Waals surface area contributed by atoms with Gasteiger partial charge >= 0.3 is 5.97 Å². The molecule has 0 aliphatic rings. The standard InChI is InChI=1S/C12H16ClNO3/c1-8(9-4-3-5-10(13)6-9)14-7-12(2,17)11(15)16/h3-6,8,14,17H,7H2,1-2H3,(H,15,16). The average molecular weight is 258 g/mol. The van der Waals surface area contributed by atoms with Gasteiger partial charge in [-0.1, -0.05) is 23.7 Å². The van der Waals surface area contributed by atoms with E-state index in [-0.39, 0.29) is 12.6 Å². The number of nitrogens with one attached hydrogen (secondary N) is 1. The lowest BCUT2D eigenvalue weighted by Crippen LogP contribution is -2.45. The van der Waals surface area contributed by atoms with Crippen LogP contribution in [0.1, 0.15) is 25.5 Å². The fraction of sp³-hybridized carbons (Fsp3) is 0.417. The Morgan fingerprint density at radius 1 is 1.59 bits per heavy atom. The van der Waals surface area contributed by atoms with E-state index in [1.54, 1.807) is 12.1 Å². The normalized spacial score (nSPS) is 16.2. The van der Waals surface area contributed by atoms with Crippen LogP contribution in [-0.4, -0.2) is 28.3 Å². The van der Waals surface area contributed by atoms with Crippen molar-refractivity contribution in [2.75, 3.05) is 6.54 Å². The number of benzene rings is 1. The fourth-order valence-corrected chi connectivity index (χ4v) is 1.52. The molecule has 1 rings (SSSR count). The van der Waals surface area contributed by atoms with Crippen LogP contribution in [0.5, 0.6) is 0 Å². The van der Waals surface area contributed by atoms with E-state index in [9.17, 15) is 9.90 Å². The van der Waals surface area contributed by atoms with Gasteiger partial charge in [0.05, 0.1) is 0 Å². The van der Waals surface area contributed by atoms with E-state index in [0.717, 1.165) is 5.56 Å². The third-order valence-electron chi connectivity index (χ3n) is 2.56. The first kappa shape index (κ1) is 14.0. The minimum Gasteiger partial charge on any atom is -0.479 e. The van der Waals surface area contributed by atoms with Crippen molar-refractivity contribution in [1.29, 1.82) is 0 Å². The van der Waals surface area contributed by atoms with Crippen molar-refractivity contribution < 1.29 is 15.0 Å². The molecule has 0 fully saturated rings. The van der Waals surface area contributed by atoms with Gasteiger partial charge in [-0.15, -0.1) is 0 Å². The Kier molecular flexibility index (Phi) is 4.51. The minimum absolute atomic E-state index is 0.0317. The van der Waals surface area contributed by atoms with E-state index >= 15 is 0 Å². The summed E-state index contributed by atoms with van der Waals surface area (Å²) in [6, 6.07) is 7.20. The second-order valence-electron chi connectivity index (χ2n) is 4.24. The van der Waals surface area contributed by atoms with E-state index in [0.29, 0.717) is 5.02 Å². The zero-order valence-electron chi connectivity index (χ0n) is 9.77. The highest BCUT2D eigenvalue weighted by Gasteiger charge is 2.29. The minimum atomic E-state index is -1.77. The van der Waals surface area contributed by atoms with Gasteiger partial charge in [0.1, 0.15) is 0 Å². The molecule has 0 spiro atoms. The van der Waals surface area contributed by atoms with E-state index < -0.39 is 11.6 Å². The van der Waals surface area contributed by atoms with Crippen LogP contribution < -0.4 is 5.32 Å². The second-order valence-corrected chi connectivity index (χ2v) is 4.67. The lowest BCUT2D eigenvalue weighted by Gasteiger charge is -2.22. The maximum Gasteiger partial charge on any atom is 0.336 e. The second kappa shape index (κ2) is 5.49. The predicted octanol–water partition coefficient (Wildman–Crippen LogP) is 1.83. The molecule has 17 heavy (non-hydrogen) atoms. The van der Waals surface area contributed by atoms with Gasteiger partial charge in [-0.25, -0.2) is 4.79 Å². The lowest BCUT2D eigenvalue weighted by atomic mass is 10.1. The molecule has 0 saturated heterocycles. The van der Waals surface area contributed by atoms with Crippen molar-refractivity contribution in [3.8, 4) is 0 Å². The Hall–Kier alpha value is -1.10. The van der Waals surface area contributed by atoms with Crippen LogP contribution in [0.4, 0.5) is 0 Å². The van der Waals surface area contributed by atoms with Crippen molar-refractivity contribution in [3.63, 3.8) is 0 Å². The highest BCUT2D eigenvalue weighted by Crippen LogP contribution is 2.17. The van der Waals surface area contributed by atoms with Gasteiger partial charge in [0.25, 0.3) is 0 Å². The van der Waals surface area contributed by atoms with Crippen LogP contribution in [-0.2, 0) is 4.79 Å². The van der Waals surface area contributed by atoms with Gasteiger partial charge in [0.2, 0.25) is 0 Å². The molecule has 1 aromatic carbocycles. The molecule has 0 amide bonds. The molecule has 2 atom stereocenters. The van der Waals surface area contributed by atoms with Gasteiger partial charge in [-0.05, 0) is 31.5 Å². The first-order valence-electron chi connectivity index (χ1n) is 5.27. The topological polar surface area (TPSA) is 69.6 Å². The van der Waals surface area contributed by atoms with E-state index in [1.807, 2.05) is 19.1 Å². The largest absolute Gasteiger partial charge is 0.479 e. The monoisotopic (exact) mass is 257 g/mol. The van der Waals surface area contributed by atoms with E-state index in [1.165, 1.54) is 6.92 Å². The van der Waals surface area contributed by atoms with Gasteiger partial charge < -0.3 is 15.5 Å². The molecule has 0 heterocycles. The highest BCUT2D eigenvalue weighted by molar-refractivity contribution is 6.30. The first-order valence-corrected chi connectivity index (χ1v) is 5.65. The number of halogens is 1. The molecule has 5 heteroatoms. The summed E-state index contributed by atoms with van der Waals surface area (Å²) >= 11 is 5.86. The third kappa shape index (κ3) is 4.00. The molecule has 94 valence electrons. The lowest BCUT2D eigenvalue weighted by molar-refractivity contribution is -0.156. The molecule has 0 aromatic heterocycles.